The van der Waals surface area contributed by atoms with Gasteiger partial charge in [-0.25, -0.2) is 0 Å². The summed E-state index contributed by atoms with van der Waals surface area (Å²) in [7, 11) is 0. The third-order valence-corrected chi connectivity index (χ3v) is 4.35. The molecular formula is C16H25N7O. The predicted molar refractivity (Wildman–Crippen MR) is 90.4 cm³/mol. The van der Waals surface area contributed by atoms with Gasteiger partial charge in [0.05, 0.1) is 17.9 Å². The quantitative estimate of drug-likeness (QED) is 0.796. The number of carbonyl (C=O) groups excluding carboxylic acids is 1. The highest BCUT2D eigenvalue weighted by Gasteiger charge is 2.17. The molecule has 1 atom stereocenters. The van der Waals surface area contributed by atoms with Crippen molar-refractivity contribution in [1.82, 2.24) is 24.5 Å². The van der Waals surface area contributed by atoms with Gasteiger partial charge in [-0.05, 0) is 19.3 Å². The summed E-state index contributed by atoms with van der Waals surface area (Å²) < 4.78 is 3.93. The highest BCUT2D eigenvalue weighted by atomic mass is 16.2. The molecule has 8 heteroatoms. The number of carbonyl (C=O) groups is 1. The highest BCUT2D eigenvalue weighted by Crippen LogP contribution is 2.15. The maximum Gasteiger partial charge on any atom is 0.241 e. The second-order valence-corrected chi connectivity index (χ2v) is 6.31. The summed E-state index contributed by atoms with van der Waals surface area (Å²) in [5.41, 5.74) is 6.54. The molecule has 0 spiro atoms. The Hall–Kier alpha value is -2.22. The van der Waals surface area contributed by atoms with Crippen molar-refractivity contribution in [3.05, 3.63) is 24.0 Å². The molecule has 3 heterocycles. The molecule has 0 fully saturated rings. The fourth-order valence-corrected chi connectivity index (χ4v) is 2.94. The number of aromatic nitrogens is 5. The molecule has 1 unspecified atom stereocenters. The van der Waals surface area contributed by atoms with Crippen LogP contribution in [0, 0.1) is 0 Å². The Labute approximate surface area is 141 Å². The monoisotopic (exact) mass is 331 g/mol. The number of aryl methyl sites for hydroxylation is 1. The lowest BCUT2D eigenvalue weighted by atomic mass is 10.1. The van der Waals surface area contributed by atoms with E-state index in [9.17, 15) is 4.79 Å². The van der Waals surface area contributed by atoms with Crippen molar-refractivity contribution in [3.8, 4) is 0 Å². The summed E-state index contributed by atoms with van der Waals surface area (Å²) in [5.74, 6) is 1.80. The van der Waals surface area contributed by atoms with Gasteiger partial charge < -0.3 is 15.6 Å². The molecule has 2 aromatic heterocycles. The molecule has 0 saturated heterocycles. The molecule has 1 amide bonds. The van der Waals surface area contributed by atoms with Crippen LogP contribution in [0.1, 0.15) is 50.7 Å². The Balaban J connectivity index is 1.59. The molecule has 8 nitrogen and oxygen atoms in total. The molecule has 0 aromatic carbocycles. The van der Waals surface area contributed by atoms with Crippen molar-refractivity contribution >= 4 is 11.6 Å². The van der Waals surface area contributed by atoms with Crippen molar-refractivity contribution in [2.45, 2.75) is 64.6 Å². The van der Waals surface area contributed by atoms with E-state index in [4.69, 9.17) is 5.73 Å². The van der Waals surface area contributed by atoms with Crippen molar-refractivity contribution in [2.75, 3.05) is 5.32 Å². The maximum atomic E-state index is 12.0. The standard InChI is InChI=1S/C16H25N7O/c1-2-3-6-13(17)16(24)19-12-9-18-22(10-12)11-15-21-20-14-7-4-5-8-23(14)15/h9-10,13H,2-8,11,17H2,1H3,(H,19,24). The zero-order chi connectivity index (χ0) is 16.9. The summed E-state index contributed by atoms with van der Waals surface area (Å²) in [6, 6.07) is -0.475. The van der Waals surface area contributed by atoms with Crippen LogP contribution in [0.25, 0.3) is 0 Å². The summed E-state index contributed by atoms with van der Waals surface area (Å²) in [4.78, 5) is 12.0. The first-order valence-electron chi connectivity index (χ1n) is 8.67. The number of nitrogens with two attached hydrogens (primary N) is 1. The van der Waals surface area contributed by atoms with Gasteiger partial charge >= 0.3 is 0 Å². The summed E-state index contributed by atoms with van der Waals surface area (Å²) in [6.45, 7) is 3.59. The van der Waals surface area contributed by atoms with Crippen molar-refractivity contribution in [1.29, 1.82) is 0 Å². The lowest BCUT2D eigenvalue weighted by molar-refractivity contribution is -0.117. The minimum Gasteiger partial charge on any atom is -0.322 e. The molecule has 24 heavy (non-hydrogen) atoms. The van der Waals surface area contributed by atoms with Crippen LogP contribution < -0.4 is 11.1 Å². The average molecular weight is 331 g/mol. The van der Waals surface area contributed by atoms with Gasteiger partial charge in [0.1, 0.15) is 12.4 Å². The third kappa shape index (κ3) is 3.81. The van der Waals surface area contributed by atoms with Crippen LogP contribution in [-0.4, -0.2) is 36.5 Å². The number of nitrogens with zero attached hydrogens (tertiary/aromatic N) is 5. The van der Waals surface area contributed by atoms with Gasteiger partial charge in [0.15, 0.2) is 5.82 Å². The maximum absolute atomic E-state index is 12.0. The van der Waals surface area contributed by atoms with E-state index in [0.717, 1.165) is 43.9 Å². The van der Waals surface area contributed by atoms with Gasteiger partial charge in [-0.3, -0.25) is 9.48 Å². The zero-order valence-electron chi connectivity index (χ0n) is 14.1. The largest absolute Gasteiger partial charge is 0.322 e. The van der Waals surface area contributed by atoms with Crippen LogP contribution >= 0.6 is 0 Å². The molecule has 0 saturated carbocycles. The predicted octanol–water partition coefficient (Wildman–Crippen LogP) is 1.32. The van der Waals surface area contributed by atoms with E-state index < -0.39 is 6.04 Å². The number of anilines is 1. The topological polar surface area (TPSA) is 104 Å². The van der Waals surface area contributed by atoms with Crippen LogP contribution in [0.5, 0.6) is 0 Å². The fourth-order valence-electron chi connectivity index (χ4n) is 2.94. The van der Waals surface area contributed by atoms with Crippen molar-refractivity contribution < 1.29 is 4.79 Å². The third-order valence-electron chi connectivity index (χ3n) is 4.35. The molecular weight excluding hydrogens is 306 g/mol. The molecule has 1 aliphatic rings. The molecule has 0 aliphatic carbocycles. The average Bonchev–Trinajstić information content (AvgIpc) is 3.20. The number of unbranched alkanes of at least 4 members (excludes halogenated alkanes) is 1. The molecule has 2 aromatic rings. The fraction of sp³-hybridized carbons (Fsp3) is 0.625. The SMILES string of the molecule is CCCCC(N)C(=O)Nc1cnn(Cc2nnc3n2CCCC3)c1. The Morgan fingerprint density at radius 1 is 1.42 bits per heavy atom. The number of rotatable bonds is 7. The van der Waals surface area contributed by atoms with E-state index in [1.54, 1.807) is 17.1 Å². The first kappa shape index (κ1) is 16.6. The lowest BCUT2D eigenvalue weighted by Crippen LogP contribution is -2.35. The number of hydrogen-bond acceptors (Lipinski definition) is 5. The van der Waals surface area contributed by atoms with Gasteiger partial charge in [0.2, 0.25) is 5.91 Å². The summed E-state index contributed by atoms with van der Waals surface area (Å²) in [6.07, 6.45) is 9.44. The minimum atomic E-state index is -0.475. The van der Waals surface area contributed by atoms with E-state index in [2.05, 4.69) is 32.1 Å². The molecule has 3 N–H and O–H groups in total. The lowest BCUT2D eigenvalue weighted by Gasteiger charge is -2.14. The Morgan fingerprint density at radius 3 is 3.12 bits per heavy atom. The summed E-state index contributed by atoms with van der Waals surface area (Å²) in [5, 5.41) is 15.6. The summed E-state index contributed by atoms with van der Waals surface area (Å²) >= 11 is 0. The Bertz CT molecular complexity index is 690. The number of fused-ring (bicyclic) bond motifs is 1. The Morgan fingerprint density at radius 2 is 2.29 bits per heavy atom. The smallest absolute Gasteiger partial charge is 0.241 e. The second-order valence-electron chi connectivity index (χ2n) is 6.31. The normalized spacial score (nSPS) is 15.1. The van der Waals surface area contributed by atoms with E-state index in [1.807, 2.05) is 0 Å². The van der Waals surface area contributed by atoms with Gasteiger partial charge in [0, 0.05) is 19.2 Å². The molecule has 3 rings (SSSR count). The van der Waals surface area contributed by atoms with Crippen LogP contribution in [-0.2, 0) is 24.3 Å². The second kappa shape index (κ2) is 7.57. The van der Waals surface area contributed by atoms with E-state index in [-0.39, 0.29) is 5.91 Å². The van der Waals surface area contributed by atoms with Gasteiger partial charge in [-0.1, -0.05) is 19.8 Å². The Kier molecular flexibility index (Phi) is 5.24. The molecule has 0 radical (unpaired) electrons. The van der Waals surface area contributed by atoms with Gasteiger partial charge in [-0.2, -0.15) is 5.10 Å². The molecule has 130 valence electrons. The first-order chi connectivity index (χ1) is 11.7. The molecule has 0 bridgehead atoms. The number of amides is 1. The first-order valence-corrected chi connectivity index (χ1v) is 8.67. The van der Waals surface area contributed by atoms with Crippen molar-refractivity contribution in [2.24, 2.45) is 5.73 Å². The zero-order valence-corrected chi connectivity index (χ0v) is 14.1. The van der Waals surface area contributed by atoms with Crippen LogP contribution in [0.2, 0.25) is 0 Å². The van der Waals surface area contributed by atoms with E-state index >= 15 is 0 Å². The molecule has 1 aliphatic heterocycles. The minimum absolute atomic E-state index is 0.164. The number of hydrogen-bond donors (Lipinski definition) is 2. The van der Waals surface area contributed by atoms with Crippen molar-refractivity contribution in [3.63, 3.8) is 0 Å². The van der Waals surface area contributed by atoms with E-state index in [0.29, 0.717) is 18.7 Å². The number of nitrogens with one attached hydrogen (secondary N) is 1. The van der Waals surface area contributed by atoms with Gasteiger partial charge in [-0.15, -0.1) is 10.2 Å². The van der Waals surface area contributed by atoms with Crippen LogP contribution in [0.4, 0.5) is 5.69 Å². The van der Waals surface area contributed by atoms with E-state index in [1.165, 1.54) is 6.42 Å². The van der Waals surface area contributed by atoms with Gasteiger partial charge in [0.25, 0.3) is 0 Å². The van der Waals surface area contributed by atoms with Crippen LogP contribution in [0.3, 0.4) is 0 Å². The highest BCUT2D eigenvalue weighted by molar-refractivity contribution is 5.94. The van der Waals surface area contributed by atoms with Crippen LogP contribution in [0.15, 0.2) is 12.4 Å².